The van der Waals surface area contributed by atoms with Gasteiger partial charge in [0, 0.05) is 6.04 Å². The third-order valence-electron chi connectivity index (χ3n) is 3.77. The molecule has 1 aromatic rings. The first-order valence-corrected chi connectivity index (χ1v) is 7.22. The molecule has 1 heterocycles. The van der Waals surface area contributed by atoms with Gasteiger partial charge in [-0.25, -0.2) is 4.39 Å². The van der Waals surface area contributed by atoms with Crippen molar-refractivity contribution in [3.8, 4) is 0 Å². The number of quaternary nitrogens is 1. The zero-order valence-corrected chi connectivity index (χ0v) is 12.2. The summed E-state index contributed by atoms with van der Waals surface area (Å²) in [6, 6.07) is 4.00. The molecule has 0 saturated heterocycles. The van der Waals surface area contributed by atoms with E-state index in [9.17, 15) is 18.8 Å². The first kappa shape index (κ1) is 14.6. The second kappa shape index (κ2) is 5.49. The van der Waals surface area contributed by atoms with Crippen molar-refractivity contribution < 1.29 is 23.7 Å². The molecule has 1 saturated carbocycles. The summed E-state index contributed by atoms with van der Waals surface area (Å²) in [4.78, 5) is 37.7. The quantitative estimate of drug-likeness (QED) is 0.693. The van der Waals surface area contributed by atoms with Gasteiger partial charge >= 0.3 is 5.91 Å². The van der Waals surface area contributed by atoms with E-state index in [0.29, 0.717) is 11.7 Å². The third-order valence-corrected chi connectivity index (χ3v) is 3.77. The van der Waals surface area contributed by atoms with Gasteiger partial charge in [0.2, 0.25) is 0 Å². The fourth-order valence-electron chi connectivity index (χ4n) is 2.54. The van der Waals surface area contributed by atoms with Gasteiger partial charge in [0.15, 0.2) is 13.2 Å². The van der Waals surface area contributed by atoms with E-state index in [0.717, 1.165) is 23.8 Å². The Labute approximate surface area is 126 Å². The van der Waals surface area contributed by atoms with Gasteiger partial charge in [-0.3, -0.25) is 19.3 Å². The summed E-state index contributed by atoms with van der Waals surface area (Å²) in [5.74, 6) is -2.00. The van der Waals surface area contributed by atoms with Crippen LogP contribution >= 0.6 is 0 Å². The van der Waals surface area contributed by atoms with Crippen LogP contribution in [0.1, 0.15) is 23.2 Å². The minimum Gasteiger partial charge on any atom is -0.348 e. The molecule has 2 N–H and O–H groups in total. The van der Waals surface area contributed by atoms with Crippen molar-refractivity contribution in [1.29, 1.82) is 0 Å². The molecule has 0 spiro atoms. The average molecular weight is 306 g/mol. The van der Waals surface area contributed by atoms with Crippen molar-refractivity contribution in [1.82, 2.24) is 5.32 Å². The van der Waals surface area contributed by atoms with Crippen LogP contribution < -0.4 is 15.1 Å². The van der Waals surface area contributed by atoms with Gasteiger partial charge < -0.3 is 10.2 Å². The number of ketones is 1. The Kier molecular flexibility index (Phi) is 3.66. The molecule has 0 bridgehead atoms. The highest BCUT2D eigenvalue weighted by Crippen LogP contribution is 2.28. The van der Waals surface area contributed by atoms with E-state index < -0.39 is 17.5 Å². The topological polar surface area (TPSA) is 70.9 Å². The van der Waals surface area contributed by atoms with Crippen LogP contribution in [0.5, 0.6) is 0 Å². The SMILES string of the molecule is C[NH+](CC(=O)NC1CC1)CN1C(=O)C(=O)c2cc(F)ccc21. The van der Waals surface area contributed by atoms with Gasteiger partial charge in [0.05, 0.1) is 18.3 Å². The smallest absolute Gasteiger partial charge is 0.303 e. The minimum absolute atomic E-state index is 0.0719. The highest BCUT2D eigenvalue weighted by Gasteiger charge is 2.38. The zero-order chi connectivity index (χ0) is 15.9. The maximum Gasteiger partial charge on any atom is 0.303 e. The van der Waals surface area contributed by atoms with E-state index in [-0.39, 0.29) is 24.7 Å². The predicted octanol–water partition coefficient (Wildman–Crippen LogP) is -0.894. The standard InChI is InChI=1S/C15H16FN3O3/c1-18(7-13(20)17-10-3-4-10)8-19-12-5-2-9(16)6-11(12)14(21)15(19)22/h2,5-6,10H,3-4,7-8H2,1H3,(H,17,20)/p+1. The van der Waals surface area contributed by atoms with Crippen molar-refractivity contribution in [3.05, 3.63) is 29.6 Å². The Hall–Kier alpha value is -2.28. The van der Waals surface area contributed by atoms with Gasteiger partial charge in [-0.15, -0.1) is 0 Å². The Morgan fingerprint density at radius 1 is 1.41 bits per heavy atom. The minimum atomic E-state index is -0.704. The van der Waals surface area contributed by atoms with Gasteiger partial charge in [-0.2, -0.15) is 0 Å². The monoisotopic (exact) mass is 306 g/mol. The number of nitrogens with zero attached hydrogens (tertiary/aromatic N) is 1. The molecule has 6 nitrogen and oxygen atoms in total. The van der Waals surface area contributed by atoms with E-state index in [2.05, 4.69) is 5.32 Å². The van der Waals surface area contributed by atoms with E-state index in [1.54, 1.807) is 7.05 Å². The lowest BCUT2D eigenvalue weighted by Gasteiger charge is -2.21. The van der Waals surface area contributed by atoms with Crippen molar-refractivity contribution in [2.24, 2.45) is 0 Å². The first-order valence-electron chi connectivity index (χ1n) is 7.22. The summed E-state index contributed by atoms with van der Waals surface area (Å²) in [6.45, 7) is 0.395. The number of likely N-dealkylation sites (N-methyl/N-ethyl adjacent to an activating group) is 1. The number of carbonyl (C=O) groups is 3. The van der Waals surface area contributed by atoms with E-state index >= 15 is 0 Å². The zero-order valence-electron chi connectivity index (χ0n) is 12.2. The number of halogens is 1. The first-order chi connectivity index (χ1) is 10.5. The molecule has 1 unspecified atom stereocenters. The normalized spacial score (nSPS) is 18.4. The lowest BCUT2D eigenvalue weighted by molar-refractivity contribution is -0.869. The van der Waals surface area contributed by atoms with Crippen molar-refractivity contribution in [3.63, 3.8) is 0 Å². The molecule has 1 aliphatic carbocycles. The summed E-state index contributed by atoms with van der Waals surface area (Å²) in [6.07, 6.45) is 2.03. The number of amides is 2. The molecule has 0 radical (unpaired) electrons. The summed E-state index contributed by atoms with van der Waals surface area (Å²) < 4.78 is 13.2. The van der Waals surface area contributed by atoms with E-state index in [1.165, 1.54) is 17.0 Å². The Morgan fingerprint density at radius 3 is 2.82 bits per heavy atom. The highest BCUT2D eigenvalue weighted by molar-refractivity contribution is 6.52. The molecule has 1 aromatic carbocycles. The molecule has 2 aliphatic rings. The van der Waals surface area contributed by atoms with Crippen molar-refractivity contribution in [2.75, 3.05) is 25.2 Å². The van der Waals surface area contributed by atoms with E-state index in [4.69, 9.17) is 0 Å². The van der Waals surface area contributed by atoms with E-state index in [1.807, 2.05) is 0 Å². The summed E-state index contributed by atoms with van der Waals surface area (Å²) in [5.41, 5.74) is 0.485. The largest absolute Gasteiger partial charge is 0.348 e. The number of hydrogen-bond donors (Lipinski definition) is 2. The van der Waals surface area contributed by atoms with Gasteiger partial charge in [0.1, 0.15) is 5.82 Å². The van der Waals surface area contributed by atoms with Crippen LogP contribution in [-0.2, 0) is 9.59 Å². The van der Waals surface area contributed by atoms with Crippen molar-refractivity contribution in [2.45, 2.75) is 18.9 Å². The van der Waals surface area contributed by atoms with Crippen LogP contribution in [0.3, 0.4) is 0 Å². The summed E-state index contributed by atoms with van der Waals surface area (Å²) in [5, 5.41) is 2.88. The van der Waals surface area contributed by atoms with Crippen LogP contribution in [0.4, 0.5) is 10.1 Å². The third kappa shape index (κ3) is 2.85. The number of benzene rings is 1. The average Bonchev–Trinajstić information content (AvgIpc) is 3.23. The van der Waals surface area contributed by atoms with Gasteiger partial charge in [-0.1, -0.05) is 0 Å². The maximum atomic E-state index is 13.2. The molecule has 7 heteroatoms. The van der Waals surface area contributed by atoms with Crippen LogP contribution in [0, 0.1) is 5.82 Å². The molecule has 1 fully saturated rings. The highest BCUT2D eigenvalue weighted by atomic mass is 19.1. The molecule has 22 heavy (non-hydrogen) atoms. The van der Waals surface area contributed by atoms with Crippen LogP contribution in [0.25, 0.3) is 0 Å². The molecule has 1 aliphatic heterocycles. The lowest BCUT2D eigenvalue weighted by atomic mass is 10.1. The number of rotatable bonds is 5. The molecule has 1 atom stereocenters. The molecule has 116 valence electrons. The predicted molar refractivity (Wildman–Crippen MR) is 76.0 cm³/mol. The van der Waals surface area contributed by atoms with Gasteiger partial charge in [0.25, 0.3) is 11.7 Å². The molecular formula is C15H17FN3O3+. The molecular weight excluding hydrogens is 289 g/mol. The molecule has 2 amide bonds. The molecule has 3 rings (SSSR count). The van der Waals surface area contributed by atoms with Crippen LogP contribution in [0.15, 0.2) is 18.2 Å². The van der Waals surface area contributed by atoms with Crippen LogP contribution in [-0.4, -0.2) is 43.9 Å². The maximum absolute atomic E-state index is 13.2. The van der Waals surface area contributed by atoms with Crippen molar-refractivity contribution >= 4 is 23.3 Å². The summed E-state index contributed by atoms with van der Waals surface area (Å²) in [7, 11) is 1.77. The Balaban J connectivity index is 1.68. The number of Topliss-reactive ketones (excluding diaryl/α,β-unsaturated/α-hetero) is 1. The fourth-order valence-corrected chi connectivity index (χ4v) is 2.54. The second-order valence-electron chi connectivity index (χ2n) is 5.86. The molecule has 0 aromatic heterocycles. The fraction of sp³-hybridized carbons (Fsp3) is 0.400. The number of fused-ring (bicyclic) bond motifs is 1. The lowest BCUT2D eigenvalue weighted by Crippen LogP contribution is -3.12. The van der Waals surface area contributed by atoms with Gasteiger partial charge in [-0.05, 0) is 31.0 Å². The Bertz CT molecular complexity index is 657. The number of hydrogen-bond acceptors (Lipinski definition) is 3. The Morgan fingerprint density at radius 2 is 2.14 bits per heavy atom. The number of carbonyl (C=O) groups excluding carboxylic acids is 3. The number of anilines is 1. The second-order valence-corrected chi connectivity index (χ2v) is 5.86. The van der Waals surface area contributed by atoms with Crippen LogP contribution in [0.2, 0.25) is 0 Å². The summed E-state index contributed by atoms with van der Waals surface area (Å²) >= 11 is 0. The number of nitrogens with one attached hydrogen (secondary N) is 2.